The highest BCUT2D eigenvalue weighted by molar-refractivity contribution is 6.03. The molecule has 0 saturated heterocycles. The molecule has 2 aromatic carbocycles. The van der Waals surface area contributed by atoms with Crippen LogP contribution in [0.15, 0.2) is 53.6 Å². The molecule has 0 bridgehead atoms. The Morgan fingerprint density at radius 1 is 0.967 bits per heavy atom. The van der Waals surface area contributed by atoms with Gasteiger partial charge in [-0.1, -0.05) is 29.4 Å². The number of hydrogen-bond acceptors (Lipinski definition) is 5. The van der Waals surface area contributed by atoms with Crippen molar-refractivity contribution >= 4 is 5.78 Å². The molecule has 2 aromatic rings. The smallest absolute Gasteiger partial charge is 0.199 e. The van der Waals surface area contributed by atoms with Crippen LogP contribution in [0.3, 0.4) is 0 Å². The van der Waals surface area contributed by atoms with Crippen LogP contribution in [0.4, 0.5) is 0 Å². The number of aromatic hydroxyl groups is 2. The molecule has 3 N–H and O–H groups in total. The Bertz CT molecular complexity index is 1020. The number of carbonyl (C=O) groups excluding carboxylic acids is 1. The van der Waals surface area contributed by atoms with Crippen molar-refractivity contribution in [1.82, 2.24) is 0 Å². The topological polar surface area (TPSA) is 87.0 Å². The molecular formula is C25H28O5. The molecule has 0 radical (unpaired) electrons. The molecular weight excluding hydrogens is 380 g/mol. The summed E-state index contributed by atoms with van der Waals surface area (Å²) in [6, 6.07) is 7.88. The quantitative estimate of drug-likeness (QED) is 0.619. The van der Waals surface area contributed by atoms with Gasteiger partial charge in [0, 0.05) is 5.56 Å². The summed E-state index contributed by atoms with van der Waals surface area (Å²) in [5.74, 6) is 0.0460. The van der Waals surface area contributed by atoms with Crippen LogP contribution < -0.4 is 4.74 Å². The van der Waals surface area contributed by atoms with E-state index in [1.54, 1.807) is 18.2 Å². The van der Waals surface area contributed by atoms with E-state index >= 15 is 0 Å². The molecule has 158 valence electrons. The van der Waals surface area contributed by atoms with Crippen LogP contribution in [0.2, 0.25) is 0 Å². The monoisotopic (exact) mass is 408 g/mol. The maximum atomic E-state index is 12.9. The number of aliphatic hydroxyl groups is 1. The second kappa shape index (κ2) is 8.76. The van der Waals surface area contributed by atoms with Crippen LogP contribution in [0.1, 0.15) is 60.8 Å². The van der Waals surface area contributed by atoms with Gasteiger partial charge >= 0.3 is 0 Å². The van der Waals surface area contributed by atoms with Crippen LogP contribution in [-0.2, 0) is 12.8 Å². The molecule has 0 unspecified atom stereocenters. The van der Waals surface area contributed by atoms with Crippen molar-refractivity contribution in [2.45, 2.75) is 52.7 Å². The Balaban J connectivity index is 2.04. The number of ketones is 1. The number of aliphatic hydroxyl groups excluding tert-OH is 1. The lowest BCUT2D eigenvalue weighted by Crippen LogP contribution is -2.36. The van der Waals surface area contributed by atoms with Gasteiger partial charge in [0.2, 0.25) is 0 Å². The number of benzene rings is 2. The lowest BCUT2D eigenvalue weighted by atomic mass is 9.90. The van der Waals surface area contributed by atoms with Crippen molar-refractivity contribution in [3.8, 4) is 17.2 Å². The fourth-order valence-corrected chi connectivity index (χ4v) is 3.45. The van der Waals surface area contributed by atoms with Crippen LogP contribution in [0, 0.1) is 0 Å². The minimum absolute atomic E-state index is 0.0455. The number of phenols is 2. The van der Waals surface area contributed by atoms with Crippen LogP contribution in [0.25, 0.3) is 0 Å². The van der Waals surface area contributed by atoms with Gasteiger partial charge in [-0.15, -0.1) is 0 Å². The summed E-state index contributed by atoms with van der Waals surface area (Å²) in [4.78, 5) is 12.9. The van der Waals surface area contributed by atoms with Gasteiger partial charge in [0.1, 0.15) is 17.2 Å². The second-order valence-corrected chi connectivity index (χ2v) is 8.15. The van der Waals surface area contributed by atoms with Gasteiger partial charge in [-0.3, -0.25) is 4.79 Å². The standard InChI is InChI=1S/C25H28O5/c1-14(2)5-7-16-13-17(8-11-20(16)26)24-23(29)22(28)19-10-12-21(27)18(25(19)30-24)9-6-15(3)4/h5-6,8,10-13,23-24,26-27,29H,7,9H2,1-4H3/t23-,24-/m1/s1. The third-order valence-corrected chi connectivity index (χ3v) is 5.18. The molecule has 0 aromatic heterocycles. The Hall–Kier alpha value is -3.05. The molecule has 5 heteroatoms. The summed E-state index contributed by atoms with van der Waals surface area (Å²) in [7, 11) is 0. The zero-order valence-corrected chi connectivity index (χ0v) is 17.8. The van der Waals surface area contributed by atoms with Crippen molar-refractivity contribution in [3.63, 3.8) is 0 Å². The molecule has 2 atom stereocenters. The van der Waals surface area contributed by atoms with E-state index in [-0.39, 0.29) is 17.1 Å². The van der Waals surface area contributed by atoms with Crippen molar-refractivity contribution in [3.05, 3.63) is 75.9 Å². The number of allylic oxidation sites excluding steroid dienone is 4. The van der Waals surface area contributed by atoms with Gasteiger partial charge in [-0.2, -0.15) is 0 Å². The normalized spacial score (nSPS) is 17.7. The van der Waals surface area contributed by atoms with E-state index in [1.165, 1.54) is 12.1 Å². The molecule has 0 saturated carbocycles. The Labute approximate surface area is 177 Å². The first-order chi connectivity index (χ1) is 14.2. The Morgan fingerprint density at radius 3 is 2.27 bits per heavy atom. The minimum atomic E-state index is -1.38. The third-order valence-electron chi connectivity index (χ3n) is 5.18. The fourth-order valence-electron chi connectivity index (χ4n) is 3.45. The molecule has 0 fully saturated rings. The largest absolute Gasteiger partial charge is 0.508 e. The first-order valence-corrected chi connectivity index (χ1v) is 10.0. The lowest BCUT2D eigenvalue weighted by Gasteiger charge is -2.31. The summed E-state index contributed by atoms with van der Waals surface area (Å²) < 4.78 is 6.11. The molecule has 1 heterocycles. The zero-order chi connectivity index (χ0) is 22.0. The SMILES string of the molecule is CC(C)=CCc1cc([C@H]2Oc3c(ccc(O)c3CC=C(C)C)C(=O)[C@H]2O)ccc1O. The average molecular weight is 408 g/mol. The number of carbonyl (C=O) groups is 1. The number of rotatable bonds is 5. The summed E-state index contributed by atoms with van der Waals surface area (Å²) in [6.45, 7) is 7.86. The molecule has 0 aliphatic carbocycles. The molecule has 0 amide bonds. The van der Waals surface area contributed by atoms with E-state index in [2.05, 4.69) is 0 Å². The number of Topliss-reactive ketones (excluding diaryl/α,β-unsaturated/α-hetero) is 1. The van der Waals surface area contributed by atoms with Crippen molar-refractivity contribution < 1.29 is 24.9 Å². The van der Waals surface area contributed by atoms with E-state index < -0.39 is 18.0 Å². The highest BCUT2D eigenvalue weighted by Gasteiger charge is 2.38. The maximum Gasteiger partial charge on any atom is 0.199 e. The average Bonchev–Trinajstić information content (AvgIpc) is 2.69. The summed E-state index contributed by atoms with van der Waals surface area (Å²) in [5, 5.41) is 31.2. The van der Waals surface area contributed by atoms with Crippen molar-refractivity contribution in [1.29, 1.82) is 0 Å². The molecule has 0 spiro atoms. The van der Waals surface area contributed by atoms with Gasteiger partial charge in [-0.05, 0) is 75.9 Å². The predicted octanol–water partition coefficient (Wildman–Crippen LogP) is 4.79. The van der Waals surface area contributed by atoms with Gasteiger partial charge in [-0.25, -0.2) is 0 Å². The van der Waals surface area contributed by atoms with Gasteiger partial charge in [0.25, 0.3) is 0 Å². The minimum Gasteiger partial charge on any atom is -0.508 e. The van der Waals surface area contributed by atoms with Crippen LogP contribution >= 0.6 is 0 Å². The highest BCUT2D eigenvalue weighted by atomic mass is 16.5. The number of fused-ring (bicyclic) bond motifs is 1. The predicted molar refractivity (Wildman–Crippen MR) is 116 cm³/mol. The lowest BCUT2D eigenvalue weighted by molar-refractivity contribution is 0.0211. The van der Waals surface area contributed by atoms with Gasteiger partial charge in [0.15, 0.2) is 18.0 Å². The van der Waals surface area contributed by atoms with E-state index in [4.69, 9.17) is 4.74 Å². The Morgan fingerprint density at radius 2 is 1.60 bits per heavy atom. The van der Waals surface area contributed by atoms with E-state index in [0.717, 1.165) is 11.1 Å². The maximum absolute atomic E-state index is 12.9. The van der Waals surface area contributed by atoms with E-state index in [0.29, 0.717) is 35.3 Å². The molecule has 1 aliphatic rings. The van der Waals surface area contributed by atoms with Crippen LogP contribution in [0.5, 0.6) is 17.2 Å². The third kappa shape index (κ3) is 4.41. The molecule has 3 rings (SSSR count). The summed E-state index contributed by atoms with van der Waals surface area (Å²) >= 11 is 0. The highest BCUT2D eigenvalue weighted by Crippen LogP contribution is 2.42. The van der Waals surface area contributed by atoms with E-state index in [9.17, 15) is 20.1 Å². The second-order valence-electron chi connectivity index (χ2n) is 8.15. The number of hydrogen-bond donors (Lipinski definition) is 3. The zero-order valence-electron chi connectivity index (χ0n) is 17.8. The first-order valence-electron chi connectivity index (χ1n) is 10.0. The van der Waals surface area contributed by atoms with Gasteiger partial charge in [0.05, 0.1) is 5.56 Å². The molecule has 30 heavy (non-hydrogen) atoms. The molecule has 1 aliphatic heterocycles. The number of phenolic OH excluding ortho intramolecular Hbond substituents is 2. The van der Waals surface area contributed by atoms with Crippen LogP contribution in [-0.4, -0.2) is 27.2 Å². The van der Waals surface area contributed by atoms with E-state index in [1.807, 2.05) is 39.8 Å². The summed E-state index contributed by atoms with van der Waals surface area (Å²) in [5.41, 5.74) is 4.25. The number of ether oxygens (including phenoxy) is 1. The Kier molecular flexibility index (Phi) is 6.32. The first kappa shape index (κ1) is 21.7. The molecule has 5 nitrogen and oxygen atoms in total. The van der Waals surface area contributed by atoms with Crippen molar-refractivity contribution in [2.75, 3.05) is 0 Å². The summed E-state index contributed by atoms with van der Waals surface area (Å²) in [6.07, 6.45) is 2.58. The van der Waals surface area contributed by atoms with Crippen molar-refractivity contribution in [2.24, 2.45) is 0 Å². The van der Waals surface area contributed by atoms with Gasteiger partial charge < -0.3 is 20.1 Å². The fraction of sp³-hybridized carbons (Fsp3) is 0.320.